The van der Waals surface area contributed by atoms with Crippen LogP contribution in [-0.2, 0) is 19.2 Å². The topological polar surface area (TPSA) is 282 Å². The van der Waals surface area contributed by atoms with Gasteiger partial charge in [0.05, 0.1) is 12.2 Å². The monoisotopic (exact) mass is 504 g/mol. The summed E-state index contributed by atoms with van der Waals surface area (Å²) in [6.07, 6.45) is -1.15. The molecule has 0 saturated carbocycles. The summed E-state index contributed by atoms with van der Waals surface area (Å²) >= 11 is 0. The van der Waals surface area contributed by atoms with Crippen molar-refractivity contribution in [2.24, 2.45) is 27.9 Å². The summed E-state index contributed by atoms with van der Waals surface area (Å²) in [4.78, 5) is 53.2. The van der Waals surface area contributed by atoms with Crippen molar-refractivity contribution in [2.75, 3.05) is 13.1 Å². The molecule has 0 fully saturated rings. The van der Waals surface area contributed by atoms with Gasteiger partial charge in [-0.05, 0) is 52.5 Å². The highest BCUT2D eigenvalue weighted by Crippen LogP contribution is 2.06. The van der Waals surface area contributed by atoms with Gasteiger partial charge in [0.15, 0.2) is 5.96 Å². The zero-order valence-electron chi connectivity index (χ0n) is 20.1. The first-order valence-corrected chi connectivity index (χ1v) is 11.3. The highest BCUT2D eigenvalue weighted by atomic mass is 16.4. The summed E-state index contributed by atoms with van der Waals surface area (Å²) in [5.74, 6) is -3.95. The van der Waals surface area contributed by atoms with Gasteiger partial charge in [0.25, 0.3) is 0 Å². The third-order valence-corrected chi connectivity index (χ3v) is 5.02. The van der Waals surface area contributed by atoms with Crippen LogP contribution in [0.25, 0.3) is 0 Å². The molecule has 0 aromatic heterocycles. The minimum Gasteiger partial charge on any atom is -0.480 e. The molecule has 202 valence electrons. The second-order valence-electron chi connectivity index (χ2n) is 8.19. The molecule has 0 aliphatic rings. The van der Waals surface area contributed by atoms with E-state index in [1.54, 1.807) is 0 Å². The first-order valence-electron chi connectivity index (χ1n) is 11.3. The number of rotatable bonds is 17. The number of nitrogens with zero attached hydrogens (tertiary/aromatic N) is 1. The molecule has 0 aliphatic heterocycles. The van der Waals surface area contributed by atoms with E-state index < -0.39 is 60.1 Å². The standard InChI is InChI=1S/C20H40N8O7/c1-10(29)14(22)17(32)28-15(11(2)30)18(33)26-12(6-3-4-8-21)16(31)27-13(19(34)35)7-5-9-25-20(23)24/h10-15,29-30H,3-9,21-22H2,1-2H3,(H,26,33)(H,27,31)(H,28,32)(H,34,35)(H4,23,24,25). The number of hydrogen-bond donors (Lipinski definition) is 10. The van der Waals surface area contributed by atoms with Gasteiger partial charge in [0.1, 0.15) is 24.2 Å². The van der Waals surface area contributed by atoms with Crippen molar-refractivity contribution < 1.29 is 34.5 Å². The molecule has 15 nitrogen and oxygen atoms in total. The quantitative estimate of drug-likeness (QED) is 0.0514. The van der Waals surface area contributed by atoms with Gasteiger partial charge in [-0.1, -0.05) is 0 Å². The Kier molecular flexibility index (Phi) is 15.2. The smallest absolute Gasteiger partial charge is 0.326 e. The number of guanidine groups is 1. The van der Waals surface area contributed by atoms with Gasteiger partial charge >= 0.3 is 5.97 Å². The molecule has 0 heterocycles. The van der Waals surface area contributed by atoms with Crippen molar-refractivity contribution in [1.82, 2.24) is 16.0 Å². The third-order valence-electron chi connectivity index (χ3n) is 5.02. The highest BCUT2D eigenvalue weighted by Gasteiger charge is 2.32. The molecular formula is C20H40N8O7. The number of aliphatic hydroxyl groups excluding tert-OH is 2. The lowest BCUT2D eigenvalue weighted by atomic mass is 10.0. The summed E-state index contributed by atoms with van der Waals surface area (Å²) in [6, 6.07) is -5.26. The molecule has 15 heteroatoms. The maximum Gasteiger partial charge on any atom is 0.326 e. The van der Waals surface area contributed by atoms with Gasteiger partial charge in [-0.15, -0.1) is 0 Å². The predicted octanol–water partition coefficient (Wildman–Crippen LogP) is -4.20. The number of nitrogens with two attached hydrogens (primary N) is 4. The first kappa shape index (κ1) is 32.0. The number of carboxylic acid groups (broad SMARTS) is 1. The van der Waals surface area contributed by atoms with Crippen LogP contribution >= 0.6 is 0 Å². The summed E-state index contributed by atoms with van der Waals surface area (Å²) in [6.45, 7) is 3.05. The van der Waals surface area contributed by atoms with Crippen LogP contribution in [0.4, 0.5) is 0 Å². The van der Waals surface area contributed by atoms with Crippen LogP contribution in [-0.4, -0.2) is 94.4 Å². The first-order chi connectivity index (χ1) is 16.3. The third kappa shape index (κ3) is 12.9. The van der Waals surface area contributed by atoms with E-state index in [9.17, 15) is 34.5 Å². The van der Waals surface area contributed by atoms with Gasteiger partial charge in [-0.3, -0.25) is 19.4 Å². The molecule has 6 atom stereocenters. The number of hydrogen-bond acceptors (Lipinski definition) is 9. The van der Waals surface area contributed by atoms with Crippen LogP contribution in [0.15, 0.2) is 4.99 Å². The number of unbranched alkanes of at least 4 members (excludes halogenated alkanes) is 1. The Hall–Kier alpha value is -3.01. The number of nitrogens with one attached hydrogen (secondary N) is 3. The fourth-order valence-corrected chi connectivity index (χ4v) is 2.93. The zero-order chi connectivity index (χ0) is 27.1. The minimum atomic E-state index is -1.48. The number of aliphatic imine (C=N–C) groups is 1. The van der Waals surface area contributed by atoms with E-state index in [2.05, 4.69) is 20.9 Å². The molecule has 0 aromatic carbocycles. The highest BCUT2D eigenvalue weighted by molar-refractivity contribution is 5.94. The fourth-order valence-electron chi connectivity index (χ4n) is 2.93. The average Bonchev–Trinajstić information content (AvgIpc) is 2.77. The Balaban J connectivity index is 5.42. The Morgan fingerprint density at radius 3 is 1.89 bits per heavy atom. The molecule has 6 unspecified atom stereocenters. The van der Waals surface area contributed by atoms with E-state index in [0.29, 0.717) is 19.4 Å². The maximum atomic E-state index is 12.9. The Morgan fingerprint density at radius 2 is 1.40 bits per heavy atom. The van der Waals surface area contributed by atoms with Gasteiger partial charge in [-0.2, -0.15) is 0 Å². The molecule has 0 radical (unpaired) electrons. The van der Waals surface area contributed by atoms with Crippen molar-refractivity contribution >= 4 is 29.7 Å². The Morgan fingerprint density at radius 1 is 0.829 bits per heavy atom. The fraction of sp³-hybridized carbons (Fsp3) is 0.750. The van der Waals surface area contributed by atoms with Crippen LogP contribution in [0, 0.1) is 0 Å². The van der Waals surface area contributed by atoms with E-state index >= 15 is 0 Å². The van der Waals surface area contributed by atoms with Crippen LogP contribution < -0.4 is 38.9 Å². The predicted molar refractivity (Wildman–Crippen MR) is 128 cm³/mol. The van der Waals surface area contributed by atoms with Gasteiger partial charge in [0, 0.05) is 6.54 Å². The molecule has 3 amide bonds. The molecule has 0 aromatic rings. The SMILES string of the molecule is CC(O)C(N)C(=O)NC(C(=O)NC(CCCCN)C(=O)NC(CCCN=C(N)N)C(=O)O)C(C)O. The number of carboxylic acids is 1. The summed E-state index contributed by atoms with van der Waals surface area (Å²) in [7, 11) is 0. The Labute approximate surface area is 204 Å². The normalized spacial score (nSPS) is 16.1. The number of carbonyl (C=O) groups excluding carboxylic acids is 3. The van der Waals surface area contributed by atoms with E-state index in [1.807, 2.05) is 0 Å². The van der Waals surface area contributed by atoms with Crippen molar-refractivity contribution in [3.8, 4) is 0 Å². The van der Waals surface area contributed by atoms with Crippen molar-refractivity contribution in [2.45, 2.75) is 82.3 Å². The van der Waals surface area contributed by atoms with Gasteiger partial charge in [-0.25, -0.2) is 4.79 Å². The van der Waals surface area contributed by atoms with Gasteiger partial charge in [0.2, 0.25) is 17.7 Å². The summed E-state index contributed by atoms with van der Waals surface area (Å²) in [5, 5.41) is 36.0. The largest absolute Gasteiger partial charge is 0.480 e. The number of aliphatic hydroxyl groups is 2. The van der Waals surface area contributed by atoms with E-state index in [-0.39, 0.29) is 31.8 Å². The van der Waals surface area contributed by atoms with Crippen LogP contribution in [0.5, 0.6) is 0 Å². The van der Waals surface area contributed by atoms with Gasteiger partial charge < -0.3 is 54.2 Å². The molecule has 35 heavy (non-hydrogen) atoms. The lowest BCUT2D eigenvalue weighted by molar-refractivity contribution is -0.142. The van der Waals surface area contributed by atoms with E-state index in [1.165, 1.54) is 13.8 Å². The van der Waals surface area contributed by atoms with E-state index in [4.69, 9.17) is 22.9 Å². The molecule has 0 aliphatic carbocycles. The molecular weight excluding hydrogens is 464 g/mol. The van der Waals surface area contributed by atoms with Crippen molar-refractivity contribution in [3.05, 3.63) is 0 Å². The van der Waals surface area contributed by atoms with E-state index in [0.717, 1.165) is 0 Å². The number of carbonyl (C=O) groups is 4. The van der Waals surface area contributed by atoms with Crippen LogP contribution in [0.2, 0.25) is 0 Å². The maximum absolute atomic E-state index is 12.9. The lowest BCUT2D eigenvalue weighted by Crippen LogP contribution is -2.60. The minimum absolute atomic E-state index is 0.0326. The summed E-state index contributed by atoms with van der Waals surface area (Å²) in [5.41, 5.74) is 21.5. The summed E-state index contributed by atoms with van der Waals surface area (Å²) < 4.78 is 0. The van der Waals surface area contributed by atoms with Crippen molar-refractivity contribution in [1.29, 1.82) is 0 Å². The molecule has 0 rings (SSSR count). The molecule has 0 spiro atoms. The molecule has 14 N–H and O–H groups in total. The number of amides is 3. The zero-order valence-corrected chi connectivity index (χ0v) is 20.1. The second-order valence-corrected chi connectivity index (χ2v) is 8.19. The van der Waals surface area contributed by atoms with Crippen molar-refractivity contribution in [3.63, 3.8) is 0 Å². The number of aliphatic carboxylic acids is 1. The van der Waals surface area contributed by atoms with Crippen LogP contribution in [0.3, 0.4) is 0 Å². The Bertz CT molecular complexity index is 728. The lowest BCUT2D eigenvalue weighted by Gasteiger charge is -2.27. The second kappa shape index (κ2) is 16.6. The van der Waals surface area contributed by atoms with Crippen LogP contribution in [0.1, 0.15) is 46.0 Å². The average molecular weight is 505 g/mol. The molecule has 0 saturated heterocycles. The molecule has 0 bridgehead atoms.